The molecule has 0 aliphatic carbocycles. The van der Waals surface area contributed by atoms with E-state index in [-0.39, 0.29) is 6.61 Å². The Hall–Kier alpha value is -2.77. The third-order valence-electron chi connectivity index (χ3n) is 3.09. The van der Waals surface area contributed by atoms with E-state index in [1.165, 1.54) is 12.1 Å². The summed E-state index contributed by atoms with van der Waals surface area (Å²) in [6, 6.07) is 7.91. The molecule has 0 aliphatic rings. The molecule has 0 amide bonds. The highest BCUT2D eigenvalue weighted by Crippen LogP contribution is 2.30. The molecule has 0 saturated carbocycles. The number of anilines is 1. The van der Waals surface area contributed by atoms with E-state index in [1.807, 2.05) is 0 Å². The van der Waals surface area contributed by atoms with Crippen LogP contribution in [0.25, 0.3) is 5.65 Å². The summed E-state index contributed by atoms with van der Waals surface area (Å²) in [6.45, 7) is 0.0655. The molecule has 8 heteroatoms. The van der Waals surface area contributed by atoms with E-state index in [1.54, 1.807) is 22.7 Å². The van der Waals surface area contributed by atoms with Gasteiger partial charge in [-0.25, -0.2) is 0 Å². The molecule has 0 saturated heterocycles. The number of aromatic nitrogens is 3. The first-order valence-corrected chi connectivity index (χ1v) is 6.33. The predicted octanol–water partition coefficient (Wildman–Crippen LogP) is 2.91. The second-order valence-electron chi connectivity index (χ2n) is 4.58. The van der Waals surface area contributed by atoms with Crippen LogP contribution in [0.15, 0.2) is 42.6 Å². The van der Waals surface area contributed by atoms with Gasteiger partial charge in [0.2, 0.25) is 0 Å². The van der Waals surface area contributed by atoms with Crippen LogP contribution < -0.4 is 10.5 Å². The van der Waals surface area contributed by atoms with Gasteiger partial charge in [-0.15, -0.1) is 10.2 Å². The molecule has 0 radical (unpaired) electrons. The first-order chi connectivity index (χ1) is 10.4. The van der Waals surface area contributed by atoms with E-state index in [9.17, 15) is 13.2 Å². The first kappa shape index (κ1) is 14.2. The molecule has 3 rings (SSSR count). The monoisotopic (exact) mass is 308 g/mol. The number of alkyl halides is 3. The van der Waals surface area contributed by atoms with E-state index >= 15 is 0 Å². The molecule has 2 heterocycles. The first-order valence-electron chi connectivity index (χ1n) is 6.33. The zero-order valence-electron chi connectivity index (χ0n) is 11.2. The maximum Gasteiger partial charge on any atom is 0.416 e. The fraction of sp³-hybridized carbons (Fsp3) is 0.143. The van der Waals surface area contributed by atoms with Gasteiger partial charge in [0.1, 0.15) is 12.4 Å². The van der Waals surface area contributed by atoms with E-state index in [2.05, 4.69) is 10.2 Å². The van der Waals surface area contributed by atoms with Crippen molar-refractivity contribution in [2.24, 2.45) is 0 Å². The lowest BCUT2D eigenvalue weighted by atomic mass is 10.2. The number of fused-ring (bicyclic) bond motifs is 1. The highest BCUT2D eigenvalue weighted by atomic mass is 19.4. The van der Waals surface area contributed by atoms with Crippen molar-refractivity contribution in [3.63, 3.8) is 0 Å². The Kier molecular flexibility index (Phi) is 3.36. The predicted molar refractivity (Wildman–Crippen MR) is 73.2 cm³/mol. The zero-order valence-corrected chi connectivity index (χ0v) is 11.2. The maximum atomic E-state index is 12.5. The second-order valence-corrected chi connectivity index (χ2v) is 4.58. The lowest BCUT2D eigenvalue weighted by molar-refractivity contribution is -0.137. The SMILES string of the molecule is Nc1cccn2c(COc3ccc(C(F)(F)F)cc3)nnc12. The van der Waals surface area contributed by atoms with Crippen molar-refractivity contribution in [1.29, 1.82) is 0 Å². The number of rotatable bonds is 3. The van der Waals surface area contributed by atoms with Gasteiger partial charge in [0.25, 0.3) is 0 Å². The van der Waals surface area contributed by atoms with Crippen LogP contribution >= 0.6 is 0 Å². The van der Waals surface area contributed by atoms with Gasteiger partial charge < -0.3 is 10.5 Å². The number of ether oxygens (including phenoxy) is 1. The summed E-state index contributed by atoms with van der Waals surface area (Å²) in [4.78, 5) is 0. The van der Waals surface area contributed by atoms with Gasteiger partial charge in [-0.2, -0.15) is 13.2 Å². The van der Waals surface area contributed by atoms with Gasteiger partial charge in [-0.1, -0.05) is 0 Å². The molecule has 0 spiro atoms. The Morgan fingerprint density at radius 3 is 2.50 bits per heavy atom. The van der Waals surface area contributed by atoms with Crippen molar-refractivity contribution >= 4 is 11.3 Å². The molecule has 22 heavy (non-hydrogen) atoms. The van der Waals surface area contributed by atoms with Gasteiger partial charge >= 0.3 is 6.18 Å². The smallest absolute Gasteiger partial charge is 0.416 e. The third-order valence-corrected chi connectivity index (χ3v) is 3.09. The van der Waals surface area contributed by atoms with Crippen molar-refractivity contribution in [1.82, 2.24) is 14.6 Å². The Balaban J connectivity index is 1.75. The van der Waals surface area contributed by atoms with Gasteiger partial charge in [-0.3, -0.25) is 4.40 Å². The highest BCUT2D eigenvalue weighted by Gasteiger charge is 2.30. The van der Waals surface area contributed by atoms with Crippen LogP contribution in [0.5, 0.6) is 5.75 Å². The zero-order chi connectivity index (χ0) is 15.7. The standard InChI is InChI=1S/C14H11F3N4O/c15-14(16,17)9-3-5-10(6-4-9)22-8-12-19-20-13-11(18)2-1-7-21(12)13/h1-7H,8,18H2. The van der Waals surface area contributed by atoms with Gasteiger partial charge in [0.15, 0.2) is 11.5 Å². The van der Waals surface area contributed by atoms with Crippen LogP contribution in [0.1, 0.15) is 11.4 Å². The van der Waals surface area contributed by atoms with Gasteiger partial charge in [-0.05, 0) is 36.4 Å². The fourth-order valence-electron chi connectivity index (χ4n) is 1.97. The van der Waals surface area contributed by atoms with Crippen molar-refractivity contribution in [3.05, 3.63) is 54.0 Å². The number of nitrogens with two attached hydrogens (primary N) is 1. The highest BCUT2D eigenvalue weighted by molar-refractivity contribution is 5.63. The Morgan fingerprint density at radius 2 is 1.82 bits per heavy atom. The summed E-state index contributed by atoms with van der Waals surface area (Å²) in [5.41, 5.74) is 6.03. The Morgan fingerprint density at radius 1 is 1.09 bits per heavy atom. The minimum atomic E-state index is -4.36. The largest absolute Gasteiger partial charge is 0.486 e. The van der Waals surface area contributed by atoms with E-state index in [0.717, 1.165) is 12.1 Å². The minimum Gasteiger partial charge on any atom is -0.486 e. The van der Waals surface area contributed by atoms with Crippen molar-refractivity contribution in [2.75, 3.05) is 5.73 Å². The molecular formula is C14H11F3N4O. The molecule has 114 valence electrons. The third kappa shape index (κ3) is 2.67. The molecule has 0 fully saturated rings. The molecule has 1 aromatic carbocycles. The van der Waals surface area contributed by atoms with Gasteiger partial charge in [0, 0.05) is 6.20 Å². The minimum absolute atomic E-state index is 0.0655. The van der Waals surface area contributed by atoms with E-state index in [0.29, 0.717) is 22.9 Å². The number of halogens is 3. The van der Waals surface area contributed by atoms with Crippen molar-refractivity contribution in [3.8, 4) is 5.75 Å². The molecule has 5 nitrogen and oxygen atoms in total. The molecule has 2 N–H and O–H groups in total. The summed E-state index contributed by atoms with van der Waals surface area (Å²) in [7, 11) is 0. The number of hydrogen-bond acceptors (Lipinski definition) is 4. The molecule has 0 atom stereocenters. The fourth-order valence-corrected chi connectivity index (χ4v) is 1.97. The van der Waals surface area contributed by atoms with Gasteiger partial charge in [0.05, 0.1) is 11.3 Å². The number of pyridine rings is 1. The molecule has 0 aliphatic heterocycles. The average molecular weight is 308 g/mol. The van der Waals surface area contributed by atoms with Crippen LogP contribution in [0, 0.1) is 0 Å². The summed E-state index contributed by atoms with van der Waals surface area (Å²) in [5, 5.41) is 7.89. The maximum absolute atomic E-state index is 12.5. The number of nitrogen functional groups attached to an aromatic ring is 1. The summed E-state index contributed by atoms with van der Waals surface area (Å²) in [5.74, 6) is 0.816. The van der Waals surface area contributed by atoms with Crippen LogP contribution in [0.4, 0.5) is 18.9 Å². The summed E-state index contributed by atoms with van der Waals surface area (Å²) >= 11 is 0. The normalized spacial score (nSPS) is 11.8. The lowest BCUT2D eigenvalue weighted by Gasteiger charge is -2.08. The van der Waals surface area contributed by atoms with Crippen LogP contribution in [-0.4, -0.2) is 14.6 Å². The summed E-state index contributed by atoms with van der Waals surface area (Å²) < 4.78 is 44.5. The quantitative estimate of drug-likeness (QED) is 0.808. The Bertz CT molecular complexity index is 796. The average Bonchev–Trinajstić information content (AvgIpc) is 2.89. The number of nitrogens with zero attached hydrogens (tertiary/aromatic N) is 3. The molecule has 0 unspecified atom stereocenters. The van der Waals surface area contributed by atoms with Crippen molar-refractivity contribution < 1.29 is 17.9 Å². The number of hydrogen-bond donors (Lipinski definition) is 1. The molecule has 0 bridgehead atoms. The van der Waals surface area contributed by atoms with E-state index in [4.69, 9.17) is 10.5 Å². The summed E-state index contributed by atoms with van der Waals surface area (Å²) in [6.07, 6.45) is -2.63. The molecule has 2 aromatic heterocycles. The second kappa shape index (κ2) is 5.21. The van der Waals surface area contributed by atoms with Crippen LogP contribution in [0.2, 0.25) is 0 Å². The number of benzene rings is 1. The molecular weight excluding hydrogens is 297 g/mol. The van der Waals surface area contributed by atoms with E-state index < -0.39 is 11.7 Å². The Labute approximate surface area is 123 Å². The van der Waals surface area contributed by atoms with Crippen molar-refractivity contribution in [2.45, 2.75) is 12.8 Å². The lowest BCUT2D eigenvalue weighted by Crippen LogP contribution is -2.05. The molecule has 3 aromatic rings. The topological polar surface area (TPSA) is 65.4 Å². The van der Waals surface area contributed by atoms with Crippen LogP contribution in [-0.2, 0) is 12.8 Å². The van der Waals surface area contributed by atoms with Crippen LogP contribution in [0.3, 0.4) is 0 Å².